The Kier molecular flexibility index (Phi) is 5.56. The second kappa shape index (κ2) is 8.13. The molecule has 29 heavy (non-hydrogen) atoms. The van der Waals surface area contributed by atoms with Crippen LogP contribution in [0.4, 0.5) is 5.95 Å². The summed E-state index contributed by atoms with van der Waals surface area (Å²) in [7, 11) is 5.94. The van der Waals surface area contributed by atoms with Gasteiger partial charge in [-0.1, -0.05) is 23.7 Å². The van der Waals surface area contributed by atoms with E-state index in [1.807, 2.05) is 61.3 Å². The fourth-order valence-electron chi connectivity index (χ4n) is 3.98. The molecule has 0 spiro atoms. The quantitative estimate of drug-likeness (QED) is 0.629. The largest absolute Gasteiger partial charge is 0.347 e. The van der Waals surface area contributed by atoms with E-state index in [-0.39, 0.29) is 6.04 Å². The third kappa shape index (κ3) is 4.00. The van der Waals surface area contributed by atoms with Crippen LogP contribution in [0.25, 0.3) is 11.1 Å². The number of nitrogens with zero attached hydrogens (tertiary/aromatic N) is 6. The van der Waals surface area contributed by atoms with Gasteiger partial charge in [0.05, 0.1) is 17.9 Å². The van der Waals surface area contributed by atoms with Crippen molar-refractivity contribution in [2.45, 2.75) is 32.4 Å². The van der Waals surface area contributed by atoms with Crippen LogP contribution in [0.1, 0.15) is 35.8 Å². The first-order valence-electron chi connectivity index (χ1n) is 9.95. The van der Waals surface area contributed by atoms with Crippen molar-refractivity contribution in [3.05, 3.63) is 58.6 Å². The van der Waals surface area contributed by atoms with E-state index < -0.39 is 0 Å². The van der Waals surface area contributed by atoms with Gasteiger partial charge in [0.2, 0.25) is 5.95 Å². The lowest BCUT2D eigenvalue weighted by Crippen LogP contribution is -2.25. The number of likely N-dealkylation sites (tertiary alicyclic amines) is 1. The standard InChI is InChI=1S/C22H27ClN6/c1-15-17(12-25-28(15)4)14-29-10-6-9-20(29)21-19(13-24-22(26-21)27(2)3)16-7-5-8-18(23)11-16/h5,7-8,11-13,20H,6,9-10,14H2,1-4H3/t20-/m1/s1. The zero-order valence-corrected chi connectivity index (χ0v) is 18.2. The first-order valence-corrected chi connectivity index (χ1v) is 10.3. The van der Waals surface area contributed by atoms with Gasteiger partial charge in [0.15, 0.2) is 0 Å². The Hall–Kier alpha value is -2.44. The van der Waals surface area contributed by atoms with Crippen molar-refractivity contribution in [2.75, 3.05) is 25.5 Å². The van der Waals surface area contributed by atoms with Crippen LogP contribution in [0.15, 0.2) is 36.7 Å². The van der Waals surface area contributed by atoms with Crippen LogP contribution in [-0.2, 0) is 13.6 Å². The topological polar surface area (TPSA) is 50.1 Å². The number of aromatic nitrogens is 4. The molecule has 6 nitrogen and oxygen atoms in total. The van der Waals surface area contributed by atoms with Gasteiger partial charge in [-0.05, 0) is 44.0 Å². The van der Waals surface area contributed by atoms with Crippen LogP contribution in [0.3, 0.4) is 0 Å². The van der Waals surface area contributed by atoms with Crippen LogP contribution in [0.2, 0.25) is 5.02 Å². The van der Waals surface area contributed by atoms with Gasteiger partial charge in [-0.3, -0.25) is 9.58 Å². The van der Waals surface area contributed by atoms with E-state index in [0.717, 1.165) is 53.7 Å². The molecule has 1 atom stereocenters. The van der Waals surface area contributed by atoms with E-state index in [9.17, 15) is 0 Å². The molecule has 7 heteroatoms. The summed E-state index contributed by atoms with van der Waals surface area (Å²) in [5.74, 6) is 0.732. The van der Waals surface area contributed by atoms with Crippen molar-refractivity contribution >= 4 is 17.5 Å². The molecule has 0 aliphatic carbocycles. The van der Waals surface area contributed by atoms with Gasteiger partial charge in [0.25, 0.3) is 0 Å². The number of hydrogen-bond donors (Lipinski definition) is 0. The SMILES string of the molecule is Cc1c(CN2CCC[C@@H]2c2nc(N(C)C)ncc2-c2cccc(Cl)c2)cnn1C. The molecule has 0 unspecified atom stereocenters. The maximum Gasteiger partial charge on any atom is 0.225 e. The van der Waals surface area contributed by atoms with Crippen molar-refractivity contribution in [2.24, 2.45) is 7.05 Å². The Morgan fingerprint density at radius 2 is 2.07 bits per heavy atom. The van der Waals surface area contributed by atoms with Crippen LogP contribution >= 0.6 is 11.6 Å². The minimum absolute atomic E-state index is 0.241. The highest BCUT2D eigenvalue weighted by Gasteiger charge is 2.31. The zero-order chi connectivity index (χ0) is 20.5. The molecule has 1 fully saturated rings. The van der Waals surface area contributed by atoms with Crippen molar-refractivity contribution in [1.82, 2.24) is 24.6 Å². The Morgan fingerprint density at radius 1 is 1.24 bits per heavy atom. The third-order valence-electron chi connectivity index (χ3n) is 5.73. The summed E-state index contributed by atoms with van der Waals surface area (Å²) in [5, 5.41) is 5.13. The number of anilines is 1. The first kappa shape index (κ1) is 19.9. The molecule has 2 aromatic heterocycles. The van der Waals surface area contributed by atoms with Gasteiger partial charge in [0.1, 0.15) is 0 Å². The zero-order valence-electron chi connectivity index (χ0n) is 17.4. The summed E-state index contributed by atoms with van der Waals surface area (Å²) in [6, 6.07) is 8.18. The molecule has 4 rings (SSSR count). The van der Waals surface area contributed by atoms with Crippen LogP contribution < -0.4 is 4.90 Å². The van der Waals surface area contributed by atoms with Gasteiger partial charge >= 0.3 is 0 Å². The van der Waals surface area contributed by atoms with Gasteiger partial charge < -0.3 is 4.90 Å². The normalized spacial score (nSPS) is 17.1. The molecular formula is C22H27ClN6. The molecule has 0 amide bonds. The number of benzene rings is 1. The van der Waals surface area contributed by atoms with Gasteiger partial charge in [-0.15, -0.1) is 0 Å². The summed E-state index contributed by atoms with van der Waals surface area (Å²) >= 11 is 6.28. The molecule has 152 valence electrons. The van der Waals surface area contributed by atoms with Gasteiger partial charge in [-0.2, -0.15) is 5.10 Å². The first-order chi connectivity index (χ1) is 13.9. The van der Waals surface area contributed by atoms with E-state index in [4.69, 9.17) is 16.6 Å². The predicted molar refractivity (Wildman–Crippen MR) is 117 cm³/mol. The monoisotopic (exact) mass is 410 g/mol. The Labute approximate surface area is 177 Å². The minimum atomic E-state index is 0.241. The van der Waals surface area contributed by atoms with Gasteiger partial charge in [0, 0.05) is 55.7 Å². The Bertz CT molecular complexity index is 1010. The lowest BCUT2D eigenvalue weighted by atomic mass is 9.99. The molecule has 1 aliphatic heterocycles. The second-order valence-electron chi connectivity index (χ2n) is 7.88. The summed E-state index contributed by atoms with van der Waals surface area (Å²) < 4.78 is 1.94. The summed E-state index contributed by atoms with van der Waals surface area (Å²) in [5.41, 5.74) is 5.66. The summed E-state index contributed by atoms with van der Waals surface area (Å²) in [4.78, 5) is 14.0. The average molecular weight is 411 g/mol. The number of halogens is 1. The summed E-state index contributed by atoms with van der Waals surface area (Å²) in [6.45, 7) is 4.05. The smallest absolute Gasteiger partial charge is 0.225 e. The number of aryl methyl sites for hydroxylation is 1. The van der Waals surface area contributed by atoms with Crippen molar-refractivity contribution in [1.29, 1.82) is 0 Å². The van der Waals surface area contributed by atoms with E-state index in [2.05, 4.69) is 28.0 Å². The fourth-order valence-corrected chi connectivity index (χ4v) is 4.17. The molecule has 3 aromatic rings. The average Bonchev–Trinajstić information content (AvgIpc) is 3.29. The van der Waals surface area contributed by atoms with Crippen LogP contribution in [0.5, 0.6) is 0 Å². The molecule has 1 aromatic carbocycles. The van der Waals surface area contributed by atoms with Crippen LogP contribution in [0, 0.1) is 6.92 Å². The molecule has 3 heterocycles. The second-order valence-corrected chi connectivity index (χ2v) is 8.32. The Balaban J connectivity index is 1.75. The maximum atomic E-state index is 6.28. The van der Waals surface area contributed by atoms with E-state index in [1.165, 1.54) is 11.3 Å². The lowest BCUT2D eigenvalue weighted by molar-refractivity contribution is 0.244. The van der Waals surface area contributed by atoms with E-state index in [1.54, 1.807) is 0 Å². The van der Waals surface area contributed by atoms with E-state index >= 15 is 0 Å². The molecule has 1 aliphatic rings. The number of rotatable bonds is 5. The van der Waals surface area contributed by atoms with Crippen LogP contribution in [-0.4, -0.2) is 45.3 Å². The Morgan fingerprint density at radius 3 is 2.76 bits per heavy atom. The lowest BCUT2D eigenvalue weighted by Gasteiger charge is -2.26. The highest BCUT2D eigenvalue weighted by atomic mass is 35.5. The van der Waals surface area contributed by atoms with Crippen molar-refractivity contribution < 1.29 is 0 Å². The summed E-state index contributed by atoms with van der Waals surface area (Å²) in [6.07, 6.45) is 6.15. The third-order valence-corrected chi connectivity index (χ3v) is 5.97. The molecule has 0 N–H and O–H groups in total. The molecule has 1 saturated heterocycles. The fraction of sp³-hybridized carbons (Fsp3) is 0.409. The van der Waals surface area contributed by atoms with Gasteiger partial charge in [-0.25, -0.2) is 9.97 Å². The molecule has 0 bridgehead atoms. The predicted octanol–water partition coefficient (Wildman–Crippen LogP) is 4.24. The van der Waals surface area contributed by atoms with Crippen molar-refractivity contribution in [3.8, 4) is 11.1 Å². The molecule has 0 saturated carbocycles. The van der Waals surface area contributed by atoms with Crippen molar-refractivity contribution in [3.63, 3.8) is 0 Å². The highest BCUT2D eigenvalue weighted by Crippen LogP contribution is 2.38. The maximum absolute atomic E-state index is 6.28. The number of hydrogen-bond acceptors (Lipinski definition) is 5. The molecule has 0 radical (unpaired) electrons. The highest BCUT2D eigenvalue weighted by molar-refractivity contribution is 6.30. The minimum Gasteiger partial charge on any atom is -0.347 e. The van der Waals surface area contributed by atoms with E-state index in [0.29, 0.717) is 0 Å². The molecular weight excluding hydrogens is 384 g/mol.